The number of H-pyrrole nitrogens is 1. The van der Waals surface area contributed by atoms with Crippen molar-refractivity contribution in [2.45, 2.75) is 38.1 Å². The summed E-state index contributed by atoms with van der Waals surface area (Å²) in [5.74, 6) is 1.96. The molecule has 0 unspecified atom stereocenters. The highest BCUT2D eigenvalue weighted by atomic mass is 32.2. The molecular formula is C24H23N3O2S. The molecule has 2 aromatic heterocycles. The van der Waals surface area contributed by atoms with Crippen molar-refractivity contribution in [1.29, 1.82) is 0 Å². The molecule has 0 spiro atoms. The van der Waals surface area contributed by atoms with Crippen LogP contribution in [0.4, 0.5) is 0 Å². The van der Waals surface area contributed by atoms with Crippen LogP contribution in [0.5, 0.6) is 0 Å². The molecule has 0 bridgehead atoms. The van der Waals surface area contributed by atoms with Crippen molar-refractivity contribution in [3.05, 3.63) is 98.8 Å². The average molecular weight is 418 g/mol. The number of aromatic amines is 1. The van der Waals surface area contributed by atoms with Crippen LogP contribution >= 0.6 is 11.8 Å². The van der Waals surface area contributed by atoms with Crippen LogP contribution in [0.25, 0.3) is 11.5 Å². The number of nitrogens with zero attached hydrogens (tertiary/aromatic N) is 2. The molecule has 5 nitrogen and oxygen atoms in total. The van der Waals surface area contributed by atoms with Crippen molar-refractivity contribution < 1.29 is 4.42 Å². The monoisotopic (exact) mass is 417 g/mol. The molecule has 0 atom stereocenters. The van der Waals surface area contributed by atoms with Gasteiger partial charge in [0.1, 0.15) is 5.76 Å². The minimum atomic E-state index is -0.0916. The number of rotatable bonds is 6. The van der Waals surface area contributed by atoms with E-state index in [1.165, 1.54) is 17.3 Å². The van der Waals surface area contributed by atoms with Crippen LogP contribution < -0.4 is 5.56 Å². The zero-order valence-electron chi connectivity index (χ0n) is 17.2. The van der Waals surface area contributed by atoms with Gasteiger partial charge in [-0.3, -0.25) is 4.79 Å². The predicted octanol–water partition coefficient (Wildman–Crippen LogP) is 5.23. The van der Waals surface area contributed by atoms with Crippen molar-refractivity contribution in [3.63, 3.8) is 0 Å². The molecule has 0 aliphatic rings. The third kappa shape index (κ3) is 4.54. The summed E-state index contributed by atoms with van der Waals surface area (Å²) in [5, 5.41) is 0.591. The Morgan fingerprint density at radius 1 is 0.967 bits per heavy atom. The van der Waals surface area contributed by atoms with E-state index in [0.717, 1.165) is 28.3 Å². The molecule has 0 aliphatic heterocycles. The van der Waals surface area contributed by atoms with Gasteiger partial charge < -0.3 is 9.40 Å². The van der Waals surface area contributed by atoms with Crippen molar-refractivity contribution in [3.8, 4) is 11.5 Å². The molecular weight excluding hydrogens is 394 g/mol. The molecule has 152 valence electrons. The first kappa shape index (κ1) is 20.2. The fourth-order valence-electron chi connectivity index (χ4n) is 3.18. The minimum absolute atomic E-state index is 0.0916. The van der Waals surface area contributed by atoms with E-state index in [0.29, 0.717) is 28.8 Å². The van der Waals surface area contributed by atoms with E-state index in [4.69, 9.17) is 4.42 Å². The van der Waals surface area contributed by atoms with E-state index in [-0.39, 0.29) is 5.56 Å². The van der Waals surface area contributed by atoms with Gasteiger partial charge in [-0.05, 0) is 38.5 Å². The van der Waals surface area contributed by atoms with Gasteiger partial charge in [-0.1, -0.05) is 59.8 Å². The maximum absolute atomic E-state index is 12.6. The molecule has 0 amide bonds. The molecule has 30 heavy (non-hydrogen) atoms. The van der Waals surface area contributed by atoms with Gasteiger partial charge in [0.25, 0.3) is 5.56 Å². The molecule has 6 heteroatoms. The number of thioether (sulfide) groups is 1. The van der Waals surface area contributed by atoms with Crippen molar-refractivity contribution in [1.82, 2.24) is 15.0 Å². The third-order valence-corrected chi connectivity index (χ3v) is 5.85. The highest BCUT2D eigenvalue weighted by molar-refractivity contribution is 7.98. The summed E-state index contributed by atoms with van der Waals surface area (Å²) in [6.07, 6.45) is 0.572. The number of aromatic nitrogens is 3. The van der Waals surface area contributed by atoms with Crippen molar-refractivity contribution >= 4 is 11.8 Å². The van der Waals surface area contributed by atoms with Gasteiger partial charge in [0.05, 0.1) is 5.69 Å². The maximum atomic E-state index is 12.6. The molecule has 0 aliphatic carbocycles. The zero-order chi connectivity index (χ0) is 21.1. The molecule has 0 saturated heterocycles. The van der Waals surface area contributed by atoms with Gasteiger partial charge in [-0.2, -0.15) is 0 Å². The van der Waals surface area contributed by atoms with Gasteiger partial charge in [-0.15, -0.1) is 0 Å². The highest BCUT2D eigenvalue weighted by Gasteiger charge is 2.14. The second-order valence-corrected chi connectivity index (χ2v) is 8.24. The zero-order valence-corrected chi connectivity index (χ0v) is 18.0. The van der Waals surface area contributed by atoms with E-state index < -0.39 is 0 Å². The molecule has 1 N–H and O–H groups in total. The number of hydrogen-bond donors (Lipinski definition) is 1. The molecule has 4 rings (SSSR count). The van der Waals surface area contributed by atoms with E-state index in [9.17, 15) is 4.79 Å². The Bertz CT molecular complexity index is 1210. The lowest BCUT2D eigenvalue weighted by molar-refractivity contribution is 0.540. The lowest BCUT2D eigenvalue weighted by atomic mass is 10.1. The summed E-state index contributed by atoms with van der Waals surface area (Å²) in [6.45, 7) is 5.84. The minimum Gasteiger partial charge on any atom is -0.441 e. The van der Waals surface area contributed by atoms with Crippen LogP contribution in [0.15, 0.2) is 69.0 Å². The Morgan fingerprint density at radius 3 is 2.40 bits per heavy atom. The maximum Gasteiger partial charge on any atom is 0.255 e. The van der Waals surface area contributed by atoms with Crippen molar-refractivity contribution in [2.75, 3.05) is 0 Å². The molecule has 2 heterocycles. The summed E-state index contributed by atoms with van der Waals surface area (Å²) in [6, 6.07) is 18.0. The summed E-state index contributed by atoms with van der Waals surface area (Å²) in [7, 11) is 0. The van der Waals surface area contributed by atoms with Crippen LogP contribution in [0, 0.1) is 20.8 Å². The SMILES string of the molecule is Cc1ccc(-c2nc(CSc3nc(C)c(Cc4ccccc4)c(=O)[nH]3)c(C)o2)cc1. The first-order chi connectivity index (χ1) is 14.5. The van der Waals surface area contributed by atoms with Gasteiger partial charge >= 0.3 is 0 Å². The van der Waals surface area contributed by atoms with E-state index >= 15 is 0 Å². The first-order valence-electron chi connectivity index (χ1n) is 9.79. The summed E-state index contributed by atoms with van der Waals surface area (Å²) in [5.41, 5.74) is 5.45. The molecule has 0 saturated carbocycles. The standard InChI is InChI=1S/C24H23N3O2S/c1-15-9-11-19(12-10-15)23-26-21(17(3)29-23)14-30-24-25-16(2)20(22(28)27-24)13-18-7-5-4-6-8-18/h4-12H,13-14H2,1-3H3,(H,25,27,28). The summed E-state index contributed by atoms with van der Waals surface area (Å²) < 4.78 is 5.85. The Morgan fingerprint density at radius 2 is 1.70 bits per heavy atom. The Balaban J connectivity index is 1.49. The number of oxazole rings is 1. The lowest BCUT2D eigenvalue weighted by Crippen LogP contribution is -2.17. The Labute approximate surface area is 179 Å². The van der Waals surface area contributed by atoms with Crippen LogP contribution in [-0.2, 0) is 12.2 Å². The topological polar surface area (TPSA) is 71.8 Å². The molecule has 2 aromatic carbocycles. The summed E-state index contributed by atoms with van der Waals surface area (Å²) >= 11 is 1.45. The van der Waals surface area contributed by atoms with Gasteiger partial charge in [0, 0.05) is 29.0 Å². The Kier molecular flexibility index (Phi) is 5.86. The Hall–Kier alpha value is -3.12. The second-order valence-electron chi connectivity index (χ2n) is 7.27. The number of hydrogen-bond acceptors (Lipinski definition) is 5. The van der Waals surface area contributed by atoms with Crippen LogP contribution in [-0.4, -0.2) is 15.0 Å². The fraction of sp³-hybridized carbons (Fsp3) is 0.208. The highest BCUT2D eigenvalue weighted by Crippen LogP contribution is 2.26. The van der Waals surface area contributed by atoms with Crippen LogP contribution in [0.2, 0.25) is 0 Å². The second kappa shape index (κ2) is 8.71. The predicted molar refractivity (Wildman–Crippen MR) is 120 cm³/mol. The number of nitrogens with one attached hydrogen (secondary N) is 1. The van der Waals surface area contributed by atoms with E-state index in [1.54, 1.807) is 0 Å². The van der Waals surface area contributed by atoms with Gasteiger partial charge in [0.15, 0.2) is 5.16 Å². The van der Waals surface area contributed by atoms with Crippen molar-refractivity contribution in [2.24, 2.45) is 0 Å². The van der Waals surface area contributed by atoms with E-state index in [1.807, 2.05) is 75.4 Å². The molecule has 0 fully saturated rings. The third-order valence-electron chi connectivity index (χ3n) is 4.96. The lowest BCUT2D eigenvalue weighted by Gasteiger charge is -2.07. The normalized spacial score (nSPS) is 11.0. The fourth-order valence-corrected chi connectivity index (χ4v) is 4.09. The average Bonchev–Trinajstić information content (AvgIpc) is 3.11. The quantitative estimate of drug-likeness (QED) is 0.343. The van der Waals surface area contributed by atoms with Gasteiger partial charge in [-0.25, -0.2) is 9.97 Å². The number of benzene rings is 2. The largest absolute Gasteiger partial charge is 0.441 e. The summed E-state index contributed by atoms with van der Waals surface area (Å²) in [4.78, 5) is 24.8. The smallest absolute Gasteiger partial charge is 0.255 e. The first-order valence-corrected chi connectivity index (χ1v) is 10.8. The van der Waals surface area contributed by atoms with Crippen LogP contribution in [0.3, 0.4) is 0 Å². The van der Waals surface area contributed by atoms with E-state index in [2.05, 4.69) is 15.0 Å². The van der Waals surface area contributed by atoms with Gasteiger partial charge in [0.2, 0.25) is 5.89 Å². The molecule has 0 radical (unpaired) electrons. The number of aryl methyl sites for hydroxylation is 3. The van der Waals surface area contributed by atoms with Crippen LogP contribution in [0.1, 0.15) is 33.8 Å². The molecule has 4 aromatic rings.